The molecule has 3 unspecified atom stereocenters. The largest absolute Gasteiger partial charge is 0.365 e. The minimum absolute atomic E-state index is 0.218. The van der Waals surface area contributed by atoms with Crippen LogP contribution >= 0.6 is 11.8 Å². The minimum atomic E-state index is -0.218. The van der Waals surface area contributed by atoms with Gasteiger partial charge in [-0.1, -0.05) is 13.3 Å². The summed E-state index contributed by atoms with van der Waals surface area (Å²) in [4.78, 5) is 17.4. The molecular formula is C16H28N2O2S. The Kier molecular flexibility index (Phi) is 5.46. The standard InChI is InChI=1S/C16H28N2O2S/c1-2-21-14-7-3-4-8-18(10-14)16(19)15-11-17-9-5-6-13(17)12-20-15/h13-15H,2-12H2,1H3. The van der Waals surface area contributed by atoms with E-state index in [2.05, 4.69) is 16.7 Å². The van der Waals surface area contributed by atoms with Crippen LogP contribution in [0.4, 0.5) is 0 Å². The highest BCUT2D eigenvalue weighted by Gasteiger charge is 2.37. The van der Waals surface area contributed by atoms with E-state index in [-0.39, 0.29) is 12.0 Å². The molecule has 0 aromatic heterocycles. The molecule has 0 aliphatic carbocycles. The molecule has 3 atom stereocenters. The molecule has 120 valence electrons. The number of fused-ring (bicyclic) bond motifs is 1. The van der Waals surface area contributed by atoms with Crippen LogP contribution in [0.15, 0.2) is 0 Å². The molecule has 4 nitrogen and oxygen atoms in total. The van der Waals surface area contributed by atoms with Crippen LogP contribution < -0.4 is 0 Å². The first-order valence-corrected chi connectivity index (χ1v) is 9.59. The molecule has 21 heavy (non-hydrogen) atoms. The fourth-order valence-electron chi connectivity index (χ4n) is 3.85. The molecule has 0 spiro atoms. The second-order valence-electron chi connectivity index (χ2n) is 6.47. The Balaban J connectivity index is 1.58. The van der Waals surface area contributed by atoms with Gasteiger partial charge >= 0.3 is 0 Å². The van der Waals surface area contributed by atoms with Crippen molar-refractivity contribution >= 4 is 17.7 Å². The van der Waals surface area contributed by atoms with Crippen LogP contribution in [0, 0.1) is 0 Å². The summed E-state index contributed by atoms with van der Waals surface area (Å²) in [7, 11) is 0. The molecule has 3 aliphatic heterocycles. The van der Waals surface area contributed by atoms with E-state index >= 15 is 0 Å². The number of thioether (sulfide) groups is 1. The lowest BCUT2D eigenvalue weighted by molar-refractivity contribution is -0.151. The Morgan fingerprint density at radius 2 is 2.10 bits per heavy atom. The molecule has 0 radical (unpaired) electrons. The van der Waals surface area contributed by atoms with Crippen LogP contribution in [-0.4, -0.2) is 71.6 Å². The number of carbonyl (C=O) groups excluding carboxylic acids is 1. The highest BCUT2D eigenvalue weighted by atomic mass is 32.2. The van der Waals surface area contributed by atoms with Crippen molar-refractivity contribution < 1.29 is 9.53 Å². The summed E-state index contributed by atoms with van der Waals surface area (Å²) in [5.74, 6) is 1.38. The number of hydrogen-bond donors (Lipinski definition) is 0. The van der Waals surface area contributed by atoms with Crippen LogP contribution in [0.3, 0.4) is 0 Å². The average molecular weight is 312 g/mol. The fraction of sp³-hybridized carbons (Fsp3) is 0.938. The molecule has 5 heteroatoms. The highest BCUT2D eigenvalue weighted by molar-refractivity contribution is 7.99. The van der Waals surface area contributed by atoms with Gasteiger partial charge in [-0.3, -0.25) is 9.69 Å². The molecule has 0 aromatic rings. The Morgan fingerprint density at radius 3 is 2.95 bits per heavy atom. The number of morpholine rings is 1. The first-order valence-electron chi connectivity index (χ1n) is 8.54. The third-order valence-corrected chi connectivity index (χ3v) is 6.20. The van der Waals surface area contributed by atoms with Gasteiger partial charge in [0.2, 0.25) is 0 Å². The van der Waals surface area contributed by atoms with E-state index in [9.17, 15) is 4.79 Å². The molecule has 0 aromatic carbocycles. The Bertz CT molecular complexity index is 366. The van der Waals surface area contributed by atoms with Gasteiger partial charge in [0.25, 0.3) is 5.91 Å². The smallest absolute Gasteiger partial charge is 0.253 e. The van der Waals surface area contributed by atoms with Gasteiger partial charge in [-0.05, 0) is 38.0 Å². The second-order valence-corrected chi connectivity index (χ2v) is 8.05. The molecule has 3 rings (SSSR count). The maximum absolute atomic E-state index is 12.8. The zero-order valence-corrected chi connectivity index (χ0v) is 13.9. The number of ether oxygens (including phenoxy) is 1. The predicted molar refractivity (Wildman–Crippen MR) is 86.7 cm³/mol. The molecular weight excluding hydrogens is 284 g/mol. The summed E-state index contributed by atoms with van der Waals surface area (Å²) in [6, 6.07) is 0.571. The molecule has 0 bridgehead atoms. The first-order chi connectivity index (χ1) is 10.3. The number of rotatable bonds is 3. The number of nitrogens with zero attached hydrogens (tertiary/aromatic N) is 2. The van der Waals surface area contributed by atoms with Crippen molar-refractivity contribution in [1.29, 1.82) is 0 Å². The summed E-state index contributed by atoms with van der Waals surface area (Å²) in [5.41, 5.74) is 0. The Hall–Kier alpha value is -0.260. The molecule has 0 N–H and O–H groups in total. The third kappa shape index (κ3) is 3.74. The van der Waals surface area contributed by atoms with E-state index < -0.39 is 0 Å². The van der Waals surface area contributed by atoms with Crippen molar-refractivity contribution in [3.8, 4) is 0 Å². The number of hydrogen-bond acceptors (Lipinski definition) is 4. The van der Waals surface area contributed by atoms with E-state index in [4.69, 9.17) is 4.74 Å². The topological polar surface area (TPSA) is 32.8 Å². The van der Waals surface area contributed by atoms with Gasteiger partial charge in [0, 0.05) is 30.9 Å². The Labute approximate surface area is 132 Å². The maximum atomic E-state index is 12.8. The van der Waals surface area contributed by atoms with Crippen molar-refractivity contribution in [3.63, 3.8) is 0 Å². The highest BCUT2D eigenvalue weighted by Crippen LogP contribution is 2.26. The van der Waals surface area contributed by atoms with Gasteiger partial charge in [0.1, 0.15) is 6.10 Å². The van der Waals surface area contributed by atoms with Crippen LogP contribution in [0.1, 0.15) is 39.0 Å². The van der Waals surface area contributed by atoms with E-state index in [0.29, 0.717) is 11.3 Å². The average Bonchev–Trinajstić information content (AvgIpc) is 2.84. The lowest BCUT2D eigenvalue weighted by Gasteiger charge is -2.37. The molecule has 3 heterocycles. The zero-order chi connectivity index (χ0) is 14.7. The maximum Gasteiger partial charge on any atom is 0.253 e. The summed E-state index contributed by atoms with van der Waals surface area (Å²) >= 11 is 2.00. The van der Waals surface area contributed by atoms with Crippen LogP contribution in [0.25, 0.3) is 0 Å². The van der Waals surface area contributed by atoms with E-state index in [1.807, 2.05) is 11.8 Å². The van der Waals surface area contributed by atoms with Crippen LogP contribution in [0.5, 0.6) is 0 Å². The summed E-state index contributed by atoms with van der Waals surface area (Å²) in [5, 5.41) is 0.615. The van der Waals surface area contributed by atoms with Gasteiger partial charge < -0.3 is 9.64 Å². The second kappa shape index (κ2) is 7.34. The van der Waals surface area contributed by atoms with Crippen molar-refractivity contribution in [2.24, 2.45) is 0 Å². The van der Waals surface area contributed by atoms with Crippen molar-refractivity contribution in [3.05, 3.63) is 0 Å². The SMILES string of the molecule is CCSC1CCCCN(C(=O)C2CN3CCCC3CO2)C1. The first kappa shape index (κ1) is 15.6. The lowest BCUT2D eigenvalue weighted by atomic mass is 10.1. The van der Waals surface area contributed by atoms with Gasteiger partial charge in [0.05, 0.1) is 6.61 Å². The van der Waals surface area contributed by atoms with Crippen molar-refractivity contribution in [2.75, 3.05) is 38.5 Å². The molecule has 0 saturated carbocycles. The van der Waals surface area contributed by atoms with Gasteiger partial charge in [0.15, 0.2) is 0 Å². The fourth-order valence-corrected chi connectivity index (χ4v) is 4.94. The number of carbonyl (C=O) groups is 1. The van der Waals surface area contributed by atoms with Crippen LogP contribution in [-0.2, 0) is 9.53 Å². The van der Waals surface area contributed by atoms with E-state index in [1.54, 1.807) is 0 Å². The molecule has 3 aliphatic rings. The van der Waals surface area contributed by atoms with Crippen molar-refractivity contribution in [2.45, 2.75) is 56.4 Å². The zero-order valence-electron chi connectivity index (χ0n) is 13.1. The van der Waals surface area contributed by atoms with Crippen molar-refractivity contribution in [1.82, 2.24) is 9.80 Å². The van der Waals surface area contributed by atoms with Gasteiger partial charge in [-0.2, -0.15) is 11.8 Å². The van der Waals surface area contributed by atoms with Crippen LogP contribution in [0.2, 0.25) is 0 Å². The summed E-state index contributed by atoms with van der Waals surface area (Å²) in [6.07, 6.45) is 5.92. The van der Waals surface area contributed by atoms with Gasteiger partial charge in [-0.15, -0.1) is 0 Å². The molecule has 3 fully saturated rings. The normalized spacial score (nSPS) is 34.5. The van der Waals surface area contributed by atoms with E-state index in [0.717, 1.165) is 45.0 Å². The summed E-state index contributed by atoms with van der Waals surface area (Å²) < 4.78 is 5.90. The molecule has 3 saturated heterocycles. The lowest BCUT2D eigenvalue weighted by Crippen LogP contribution is -2.53. The number of likely N-dealkylation sites (tertiary alicyclic amines) is 1. The number of amides is 1. The monoisotopic (exact) mass is 312 g/mol. The molecule has 1 amide bonds. The van der Waals surface area contributed by atoms with Gasteiger partial charge in [-0.25, -0.2) is 0 Å². The quantitative estimate of drug-likeness (QED) is 0.798. The Morgan fingerprint density at radius 1 is 1.19 bits per heavy atom. The predicted octanol–water partition coefficient (Wildman–Crippen LogP) is 1.98. The van der Waals surface area contributed by atoms with E-state index in [1.165, 1.54) is 25.7 Å². The minimum Gasteiger partial charge on any atom is -0.365 e. The third-order valence-electron chi connectivity index (χ3n) is 5.01. The summed E-state index contributed by atoms with van der Waals surface area (Å²) in [6.45, 7) is 6.75.